The number of rotatable bonds is 4. The van der Waals surface area contributed by atoms with Crippen molar-refractivity contribution < 1.29 is 14.0 Å². The van der Waals surface area contributed by atoms with Gasteiger partial charge in [0.2, 0.25) is 11.8 Å². The molecule has 3 fully saturated rings. The molecule has 3 aliphatic heterocycles. The maximum absolute atomic E-state index is 13.4. The summed E-state index contributed by atoms with van der Waals surface area (Å²) >= 11 is 0. The summed E-state index contributed by atoms with van der Waals surface area (Å²) in [6, 6.07) is 6.94. The summed E-state index contributed by atoms with van der Waals surface area (Å²) in [6.07, 6.45) is 3.63. The van der Waals surface area contributed by atoms with E-state index in [1.165, 1.54) is 12.1 Å². The molecule has 0 saturated carbocycles. The van der Waals surface area contributed by atoms with Gasteiger partial charge in [0, 0.05) is 57.0 Å². The Bertz CT molecular complexity index is 717. The highest BCUT2D eigenvalue weighted by molar-refractivity contribution is 5.78. The zero-order chi connectivity index (χ0) is 19.7. The number of likely N-dealkylation sites (tertiary alicyclic amines) is 3. The van der Waals surface area contributed by atoms with Crippen LogP contribution in [-0.2, 0) is 9.59 Å². The standard InChI is InChI=1S/C22H30FN3O2/c1-2-21(27)26-14-18(16-5-7-17(23)8-6-16)19-13-24(12-9-20(19)26)15-22(28)25-10-3-4-11-25/h5-8,18-20H,2-4,9-15H2,1H3/t18-,19-,20-/m1/s1. The number of carbonyl (C=O) groups is 2. The molecule has 152 valence electrons. The van der Waals surface area contributed by atoms with Gasteiger partial charge in [-0.15, -0.1) is 0 Å². The zero-order valence-corrected chi connectivity index (χ0v) is 16.6. The summed E-state index contributed by atoms with van der Waals surface area (Å²) in [6.45, 7) is 6.52. The highest BCUT2D eigenvalue weighted by Gasteiger charge is 2.46. The van der Waals surface area contributed by atoms with Crippen molar-refractivity contribution in [3.8, 4) is 0 Å². The molecule has 3 atom stereocenters. The van der Waals surface area contributed by atoms with Gasteiger partial charge in [0.25, 0.3) is 0 Å². The molecule has 0 N–H and O–H groups in total. The van der Waals surface area contributed by atoms with Crippen molar-refractivity contribution >= 4 is 11.8 Å². The lowest BCUT2D eigenvalue weighted by molar-refractivity contribution is -0.135. The Hall–Kier alpha value is -1.95. The van der Waals surface area contributed by atoms with Gasteiger partial charge in [-0.05, 0) is 37.0 Å². The highest BCUT2D eigenvalue weighted by atomic mass is 19.1. The first kappa shape index (κ1) is 19.4. The molecule has 0 radical (unpaired) electrons. The molecule has 4 rings (SSSR count). The molecular weight excluding hydrogens is 357 g/mol. The molecule has 6 heteroatoms. The van der Waals surface area contributed by atoms with Crippen LogP contribution in [0.4, 0.5) is 4.39 Å². The third kappa shape index (κ3) is 3.79. The fourth-order valence-corrected chi connectivity index (χ4v) is 5.26. The number of amides is 2. The molecule has 0 bridgehead atoms. The van der Waals surface area contributed by atoms with Crippen LogP contribution < -0.4 is 0 Å². The second-order valence-electron chi connectivity index (χ2n) is 8.40. The first-order chi connectivity index (χ1) is 13.6. The van der Waals surface area contributed by atoms with E-state index in [-0.39, 0.29) is 29.6 Å². The zero-order valence-electron chi connectivity index (χ0n) is 16.6. The lowest BCUT2D eigenvalue weighted by Crippen LogP contribution is -2.50. The van der Waals surface area contributed by atoms with E-state index < -0.39 is 0 Å². The minimum absolute atomic E-state index is 0.196. The molecule has 3 heterocycles. The van der Waals surface area contributed by atoms with Crippen molar-refractivity contribution in [2.75, 3.05) is 39.3 Å². The quantitative estimate of drug-likeness (QED) is 0.797. The Labute approximate surface area is 166 Å². The van der Waals surface area contributed by atoms with E-state index in [1.54, 1.807) is 0 Å². The molecule has 5 nitrogen and oxygen atoms in total. The van der Waals surface area contributed by atoms with Crippen LogP contribution in [0.1, 0.15) is 44.1 Å². The monoisotopic (exact) mass is 387 g/mol. The van der Waals surface area contributed by atoms with Gasteiger partial charge in [-0.2, -0.15) is 0 Å². The number of nitrogens with zero attached hydrogens (tertiary/aromatic N) is 3. The Morgan fingerprint density at radius 1 is 1.04 bits per heavy atom. The third-order valence-electron chi connectivity index (χ3n) is 6.75. The van der Waals surface area contributed by atoms with Crippen LogP contribution in [-0.4, -0.2) is 71.8 Å². The average molecular weight is 387 g/mol. The van der Waals surface area contributed by atoms with Crippen molar-refractivity contribution in [3.63, 3.8) is 0 Å². The van der Waals surface area contributed by atoms with Crippen LogP contribution in [0, 0.1) is 11.7 Å². The predicted octanol–water partition coefficient (Wildman–Crippen LogP) is 2.47. The smallest absolute Gasteiger partial charge is 0.236 e. The van der Waals surface area contributed by atoms with E-state index in [2.05, 4.69) is 4.90 Å². The van der Waals surface area contributed by atoms with Crippen LogP contribution in [0.25, 0.3) is 0 Å². The lowest BCUT2D eigenvalue weighted by Gasteiger charge is -2.39. The molecule has 1 aromatic rings. The summed E-state index contributed by atoms with van der Waals surface area (Å²) in [5.41, 5.74) is 1.09. The second-order valence-corrected chi connectivity index (χ2v) is 8.40. The van der Waals surface area contributed by atoms with Gasteiger partial charge in [-0.25, -0.2) is 4.39 Å². The van der Waals surface area contributed by atoms with Gasteiger partial charge in [0.05, 0.1) is 6.54 Å². The van der Waals surface area contributed by atoms with Crippen molar-refractivity contribution in [2.45, 2.75) is 44.6 Å². The Balaban J connectivity index is 1.50. The molecule has 0 unspecified atom stereocenters. The lowest BCUT2D eigenvalue weighted by atomic mass is 9.82. The molecule has 28 heavy (non-hydrogen) atoms. The minimum atomic E-state index is -0.235. The maximum atomic E-state index is 13.4. The average Bonchev–Trinajstić information content (AvgIpc) is 3.36. The normalized spacial score (nSPS) is 27.9. The van der Waals surface area contributed by atoms with E-state index in [1.807, 2.05) is 28.9 Å². The molecular formula is C22H30FN3O2. The van der Waals surface area contributed by atoms with Crippen molar-refractivity contribution in [1.82, 2.24) is 14.7 Å². The van der Waals surface area contributed by atoms with E-state index in [9.17, 15) is 14.0 Å². The fraction of sp³-hybridized carbons (Fsp3) is 0.636. The second kappa shape index (κ2) is 8.19. The van der Waals surface area contributed by atoms with Crippen LogP contribution in [0.15, 0.2) is 24.3 Å². The summed E-state index contributed by atoms with van der Waals surface area (Å²) in [7, 11) is 0. The highest BCUT2D eigenvalue weighted by Crippen LogP contribution is 2.41. The topological polar surface area (TPSA) is 43.9 Å². The first-order valence-corrected chi connectivity index (χ1v) is 10.6. The molecule has 3 aliphatic rings. The first-order valence-electron chi connectivity index (χ1n) is 10.6. The summed E-state index contributed by atoms with van der Waals surface area (Å²) in [5.74, 6) is 0.683. The number of benzene rings is 1. The summed E-state index contributed by atoms with van der Waals surface area (Å²) < 4.78 is 13.4. The molecule has 2 amide bonds. The van der Waals surface area contributed by atoms with E-state index in [4.69, 9.17) is 0 Å². The van der Waals surface area contributed by atoms with Crippen LogP contribution in [0.3, 0.4) is 0 Å². The predicted molar refractivity (Wildman–Crippen MR) is 105 cm³/mol. The Kier molecular flexibility index (Phi) is 5.67. The number of piperidine rings is 1. The fourth-order valence-electron chi connectivity index (χ4n) is 5.26. The van der Waals surface area contributed by atoms with Gasteiger partial charge in [0.1, 0.15) is 5.82 Å². The van der Waals surface area contributed by atoms with Crippen LogP contribution >= 0.6 is 0 Å². The van der Waals surface area contributed by atoms with Crippen molar-refractivity contribution in [1.29, 1.82) is 0 Å². The molecule has 3 saturated heterocycles. The molecule has 0 aliphatic carbocycles. The Morgan fingerprint density at radius 2 is 1.75 bits per heavy atom. The number of carbonyl (C=O) groups excluding carboxylic acids is 2. The summed E-state index contributed by atoms with van der Waals surface area (Å²) in [4.78, 5) is 31.4. The van der Waals surface area contributed by atoms with Gasteiger partial charge in [-0.3, -0.25) is 14.5 Å². The Morgan fingerprint density at radius 3 is 2.43 bits per heavy atom. The number of halogens is 1. The van der Waals surface area contributed by atoms with E-state index in [0.717, 1.165) is 51.0 Å². The number of fused-ring (bicyclic) bond motifs is 1. The van der Waals surface area contributed by atoms with Gasteiger partial charge in [-0.1, -0.05) is 19.1 Å². The number of hydrogen-bond acceptors (Lipinski definition) is 3. The molecule has 1 aromatic carbocycles. The third-order valence-corrected chi connectivity index (χ3v) is 6.75. The SMILES string of the molecule is CCC(=O)N1C[C@H](c2ccc(F)cc2)[C@H]2CN(CC(=O)N3CCCC3)CC[C@H]21. The van der Waals surface area contributed by atoms with Crippen molar-refractivity contribution in [2.24, 2.45) is 5.92 Å². The van der Waals surface area contributed by atoms with E-state index in [0.29, 0.717) is 25.4 Å². The van der Waals surface area contributed by atoms with Crippen molar-refractivity contribution in [3.05, 3.63) is 35.6 Å². The van der Waals surface area contributed by atoms with Gasteiger partial charge >= 0.3 is 0 Å². The molecule has 0 aromatic heterocycles. The molecule has 0 spiro atoms. The largest absolute Gasteiger partial charge is 0.342 e. The van der Waals surface area contributed by atoms with Crippen LogP contribution in [0.5, 0.6) is 0 Å². The maximum Gasteiger partial charge on any atom is 0.236 e. The van der Waals surface area contributed by atoms with Crippen LogP contribution in [0.2, 0.25) is 0 Å². The number of hydrogen-bond donors (Lipinski definition) is 0. The minimum Gasteiger partial charge on any atom is -0.342 e. The van der Waals surface area contributed by atoms with E-state index >= 15 is 0 Å². The van der Waals surface area contributed by atoms with Gasteiger partial charge in [0.15, 0.2) is 0 Å². The summed E-state index contributed by atoms with van der Waals surface area (Å²) in [5, 5.41) is 0. The van der Waals surface area contributed by atoms with Gasteiger partial charge < -0.3 is 9.80 Å².